The van der Waals surface area contributed by atoms with Crippen molar-refractivity contribution in [1.29, 1.82) is 0 Å². The minimum atomic E-state index is 0.139. The molecule has 3 rings (SSSR count). The summed E-state index contributed by atoms with van der Waals surface area (Å²) in [7, 11) is 0. The molecule has 1 aromatic carbocycles. The van der Waals surface area contributed by atoms with E-state index >= 15 is 0 Å². The predicted molar refractivity (Wildman–Crippen MR) is 70.4 cm³/mol. The SMILES string of the molecule is CC(Nc1cccc(-c2nnco2)c1)c1ccn[nH]1. The maximum absolute atomic E-state index is 5.19. The molecule has 19 heavy (non-hydrogen) atoms. The van der Waals surface area contributed by atoms with Gasteiger partial charge in [0.1, 0.15) is 0 Å². The summed E-state index contributed by atoms with van der Waals surface area (Å²) < 4.78 is 5.19. The molecule has 6 nitrogen and oxygen atoms in total. The maximum Gasteiger partial charge on any atom is 0.247 e. The van der Waals surface area contributed by atoms with Crippen molar-refractivity contribution in [2.75, 3.05) is 5.32 Å². The first-order valence-corrected chi connectivity index (χ1v) is 5.95. The second-order valence-corrected chi connectivity index (χ2v) is 4.20. The monoisotopic (exact) mass is 255 g/mol. The molecule has 0 radical (unpaired) electrons. The third-order valence-electron chi connectivity index (χ3n) is 2.84. The molecule has 0 saturated carbocycles. The molecule has 2 heterocycles. The molecule has 0 aliphatic rings. The molecule has 96 valence electrons. The Morgan fingerprint density at radius 1 is 1.32 bits per heavy atom. The Bertz CT molecular complexity index is 633. The van der Waals surface area contributed by atoms with Crippen LogP contribution in [-0.2, 0) is 0 Å². The van der Waals surface area contributed by atoms with Gasteiger partial charge in [-0.15, -0.1) is 10.2 Å². The summed E-state index contributed by atoms with van der Waals surface area (Å²) in [5.74, 6) is 0.512. The highest BCUT2D eigenvalue weighted by atomic mass is 16.4. The highest BCUT2D eigenvalue weighted by molar-refractivity contribution is 5.61. The van der Waals surface area contributed by atoms with E-state index in [9.17, 15) is 0 Å². The zero-order chi connectivity index (χ0) is 13.1. The number of benzene rings is 1. The van der Waals surface area contributed by atoms with Crippen molar-refractivity contribution in [3.8, 4) is 11.5 Å². The number of nitrogens with zero attached hydrogens (tertiary/aromatic N) is 3. The highest BCUT2D eigenvalue weighted by Gasteiger charge is 2.08. The van der Waals surface area contributed by atoms with Crippen molar-refractivity contribution in [1.82, 2.24) is 20.4 Å². The Morgan fingerprint density at radius 2 is 2.26 bits per heavy atom. The largest absolute Gasteiger partial charge is 0.423 e. The number of hydrogen-bond acceptors (Lipinski definition) is 5. The van der Waals surface area contributed by atoms with Crippen molar-refractivity contribution in [3.05, 3.63) is 48.6 Å². The number of hydrogen-bond donors (Lipinski definition) is 2. The number of nitrogens with one attached hydrogen (secondary N) is 2. The van der Waals surface area contributed by atoms with Crippen LogP contribution in [0.2, 0.25) is 0 Å². The van der Waals surface area contributed by atoms with E-state index in [4.69, 9.17) is 4.42 Å². The van der Waals surface area contributed by atoms with Gasteiger partial charge in [-0.2, -0.15) is 5.10 Å². The first-order valence-electron chi connectivity index (χ1n) is 5.95. The van der Waals surface area contributed by atoms with E-state index in [1.54, 1.807) is 6.20 Å². The number of anilines is 1. The van der Waals surface area contributed by atoms with Gasteiger partial charge in [-0.05, 0) is 31.2 Å². The molecule has 1 atom stereocenters. The van der Waals surface area contributed by atoms with E-state index in [1.807, 2.05) is 30.3 Å². The van der Waals surface area contributed by atoms with Crippen LogP contribution in [-0.4, -0.2) is 20.4 Å². The van der Waals surface area contributed by atoms with E-state index in [2.05, 4.69) is 32.6 Å². The van der Waals surface area contributed by atoms with Gasteiger partial charge in [-0.25, -0.2) is 0 Å². The van der Waals surface area contributed by atoms with E-state index in [1.165, 1.54) is 6.39 Å². The topological polar surface area (TPSA) is 79.6 Å². The summed E-state index contributed by atoms with van der Waals surface area (Å²) in [6, 6.07) is 9.92. The fourth-order valence-corrected chi connectivity index (χ4v) is 1.88. The zero-order valence-electron chi connectivity index (χ0n) is 10.4. The lowest BCUT2D eigenvalue weighted by Crippen LogP contribution is -2.07. The zero-order valence-corrected chi connectivity index (χ0v) is 10.4. The normalized spacial score (nSPS) is 12.3. The maximum atomic E-state index is 5.19. The molecule has 0 amide bonds. The average Bonchev–Trinajstić information content (AvgIpc) is 3.13. The first-order chi connectivity index (χ1) is 9.33. The summed E-state index contributed by atoms with van der Waals surface area (Å²) >= 11 is 0. The van der Waals surface area contributed by atoms with Gasteiger partial charge >= 0.3 is 0 Å². The number of H-pyrrole nitrogens is 1. The molecule has 1 unspecified atom stereocenters. The van der Waals surface area contributed by atoms with E-state index in [-0.39, 0.29) is 6.04 Å². The molecule has 0 saturated heterocycles. The number of rotatable bonds is 4. The minimum absolute atomic E-state index is 0.139. The molecule has 2 N–H and O–H groups in total. The summed E-state index contributed by atoms with van der Waals surface area (Å²) in [6.07, 6.45) is 3.06. The highest BCUT2D eigenvalue weighted by Crippen LogP contribution is 2.23. The number of aromatic amines is 1. The predicted octanol–water partition coefficient (Wildman–Crippen LogP) is 2.63. The van der Waals surface area contributed by atoms with Crippen molar-refractivity contribution >= 4 is 5.69 Å². The van der Waals surface area contributed by atoms with Crippen LogP contribution in [0.1, 0.15) is 18.7 Å². The Kier molecular flexibility index (Phi) is 2.97. The summed E-state index contributed by atoms with van der Waals surface area (Å²) in [5.41, 5.74) is 2.90. The van der Waals surface area contributed by atoms with E-state index in [0.717, 1.165) is 16.9 Å². The van der Waals surface area contributed by atoms with Gasteiger partial charge in [0.2, 0.25) is 12.3 Å². The first kappa shape index (κ1) is 11.5. The molecule has 0 aliphatic heterocycles. The Balaban J connectivity index is 1.80. The molecule has 2 aromatic heterocycles. The van der Waals surface area contributed by atoms with Crippen molar-refractivity contribution < 1.29 is 4.42 Å². The minimum Gasteiger partial charge on any atom is -0.423 e. The molecule has 0 aliphatic carbocycles. The Labute approximate surface area is 109 Å². The third-order valence-corrected chi connectivity index (χ3v) is 2.84. The lowest BCUT2D eigenvalue weighted by atomic mass is 10.1. The van der Waals surface area contributed by atoms with Crippen LogP contribution >= 0.6 is 0 Å². The van der Waals surface area contributed by atoms with Crippen LogP contribution in [0.4, 0.5) is 5.69 Å². The summed E-state index contributed by atoms with van der Waals surface area (Å²) in [4.78, 5) is 0. The molecule has 0 fully saturated rings. The van der Waals surface area contributed by atoms with Crippen LogP contribution in [0, 0.1) is 0 Å². The fraction of sp³-hybridized carbons (Fsp3) is 0.154. The second kappa shape index (κ2) is 4.93. The van der Waals surface area contributed by atoms with Crippen LogP contribution in [0.25, 0.3) is 11.5 Å². The van der Waals surface area contributed by atoms with Crippen molar-refractivity contribution in [3.63, 3.8) is 0 Å². The fourth-order valence-electron chi connectivity index (χ4n) is 1.88. The quantitative estimate of drug-likeness (QED) is 0.749. The van der Waals surface area contributed by atoms with Gasteiger partial charge in [0, 0.05) is 17.4 Å². The molecule has 0 spiro atoms. The van der Waals surface area contributed by atoms with Gasteiger partial charge < -0.3 is 9.73 Å². The van der Waals surface area contributed by atoms with Crippen LogP contribution in [0.5, 0.6) is 0 Å². The Hall–Kier alpha value is -2.63. The average molecular weight is 255 g/mol. The van der Waals surface area contributed by atoms with Gasteiger partial charge in [0.05, 0.1) is 11.7 Å². The molecular weight excluding hydrogens is 242 g/mol. The smallest absolute Gasteiger partial charge is 0.247 e. The number of aromatic nitrogens is 4. The standard InChI is InChI=1S/C13H13N5O/c1-9(12-5-6-14-17-12)16-11-4-2-3-10(7-11)13-18-15-8-19-13/h2-9,16H,1H3,(H,14,17). The van der Waals surface area contributed by atoms with Gasteiger partial charge in [-0.1, -0.05) is 6.07 Å². The molecule has 6 heteroatoms. The molecule has 3 aromatic rings. The third kappa shape index (κ3) is 2.47. The van der Waals surface area contributed by atoms with Crippen LogP contribution < -0.4 is 5.32 Å². The van der Waals surface area contributed by atoms with Gasteiger partial charge in [0.15, 0.2) is 0 Å². The van der Waals surface area contributed by atoms with Gasteiger partial charge in [0.25, 0.3) is 0 Å². The lowest BCUT2D eigenvalue weighted by molar-refractivity contribution is 0.568. The second-order valence-electron chi connectivity index (χ2n) is 4.20. The lowest BCUT2D eigenvalue weighted by Gasteiger charge is -2.13. The van der Waals surface area contributed by atoms with Crippen LogP contribution in [0.15, 0.2) is 47.3 Å². The molecular formula is C13H13N5O. The van der Waals surface area contributed by atoms with Gasteiger partial charge in [-0.3, -0.25) is 5.10 Å². The van der Waals surface area contributed by atoms with E-state index < -0.39 is 0 Å². The Morgan fingerprint density at radius 3 is 3.00 bits per heavy atom. The molecule has 0 bridgehead atoms. The van der Waals surface area contributed by atoms with Crippen LogP contribution in [0.3, 0.4) is 0 Å². The summed E-state index contributed by atoms with van der Waals surface area (Å²) in [6.45, 7) is 2.06. The van der Waals surface area contributed by atoms with Crippen molar-refractivity contribution in [2.24, 2.45) is 0 Å². The van der Waals surface area contributed by atoms with Crippen molar-refractivity contribution in [2.45, 2.75) is 13.0 Å². The van der Waals surface area contributed by atoms with E-state index in [0.29, 0.717) is 5.89 Å². The summed E-state index contributed by atoms with van der Waals surface area (Å²) in [5, 5.41) is 17.9.